The summed E-state index contributed by atoms with van der Waals surface area (Å²) in [6.07, 6.45) is -0.590. The van der Waals surface area contributed by atoms with Gasteiger partial charge < -0.3 is 14.4 Å². The molecule has 1 aliphatic rings. The smallest absolute Gasteiger partial charge is 0.345 e. The third-order valence-corrected chi connectivity index (χ3v) is 3.53. The van der Waals surface area contributed by atoms with Gasteiger partial charge in [-0.1, -0.05) is 0 Å². The molecule has 1 fully saturated rings. The largest absolute Gasteiger partial charge is 0.497 e. The van der Waals surface area contributed by atoms with Crippen LogP contribution in [-0.4, -0.2) is 43.7 Å². The number of ether oxygens (including phenoxy) is 2. The molecule has 0 unspecified atom stereocenters. The first-order chi connectivity index (χ1) is 9.01. The predicted octanol–water partition coefficient (Wildman–Crippen LogP) is 2.52. The Hall–Kier alpha value is -1.21. The second-order valence-corrected chi connectivity index (χ2v) is 4.93. The summed E-state index contributed by atoms with van der Waals surface area (Å²) in [6, 6.07) is 5.03. The molecule has 0 N–H and O–H groups in total. The van der Waals surface area contributed by atoms with Gasteiger partial charge in [0, 0.05) is 17.6 Å². The zero-order valence-corrected chi connectivity index (χ0v) is 11.7. The molecule has 0 radical (unpaired) electrons. The Morgan fingerprint density at radius 3 is 2.74 bits per heavy atom. The monoisotopic (exact) mass is 335 g/mol. The molecular weight excluding hydrogens is 324 g/mol. The van der Waals surface area contributed by atoms with E-state index in [9.17, 15) is 13.6 Å². The maximum absolute atomic E-state index is 12.1. The number of nitrogens with zero attached hydrogens (tertiary/aromatic N) is 1. The normalized spacial score (nSPS) is 15.5. The minimum absolute atomic E-state index is 0.173. The van der Waals surface area contributed by atoms with Gasteiger partial charge in [0.15, 0.2) is 0 Å². The molecule has 1 amide bonds. The van der Waals surface area contributed by atoms with E-state index in [4.69, 9.17) is 4.74 Å². The fourth-order valence-electron chi connectivity index (χ4n) is 1.80. The van der Waals surface area contributed by atoms with Crippen molar-refractivity contribution in [3.05, 3.63) is 28.2 Å². The van der Waals surface area contributed by atoms with Crippen LogP contribution in [0.2, 0.25) is 0 Å². The van der Waals surface area contributed by atoms with Crippen molar-refractivity contribution >= 4 is 21.8 Å². The van der Waals surface area contributed by atoms with E-state index in [1.54, 1.807) is 18.2 Å². The fourth-order valence-corrected chi connectivity index (χ4v) is 2.22. The van der Waals surface area contributed by atoms with Crippen LogP contribution in [0.3, 0.4) is 0 Å². The van der Waals surface area contributed by atoms with Crippen molar-refractivity contribution in [1.82, 2.24) is 4.90 Å². The van der Waals surface area contributed by atoms with E-state index >= 15 is 0 Å². The number of likely N-dealkylation sites (tertiary alicyclic amines) is 1. The van der Waals surface area contributed by atoms with Gasteiger partial charge >= 0.3 is 6.61 Å². The summed E-state index contributed by atoms with van der Waals surface area (Å²) in [6.45, 7) is -2.45. The number of halogens is 3. The molecule has 0 atom stereocenters. The van der Waals surface area contributed by atoms with Gasteiger partial charge in [0.2, 0.25) is 0 Å². The minimum Gasteiger partial charge on any atom is -0.497 e. The van der Waals surface area contributed by atoms with Crippen molar-refractivity contribution in [3.8, 4) is 5.75 Å². The molecule has 7 heteroatoms. The molecule has 19 heavy (non-hydrogen) atoms. The zero-order chi connectivity index (χ0) is 14.0. The number of rotatable bonds is 4. The number of carbonyl (C=O) groups is 1. The summed E-state index contributed by atoms with van der Waals surface area (Å²) in [7, 11) is 1.51. The summed E-state index contributed by atoms with van der Waals surface area (Å²) in [5.41, 5.74) is 0.440. The summed E-state index contributed by atoms with van der Waals surface area (Å²) < 4.78 is 33.9. The van der Waals surface area contributed by atoms with Crippen LogP contribution in [-0.2, 0) is 4.74 Å². The first kappa shape index (κ1) is 14.2. The van der Waals surface area contributed by atoms with Gasteiger partial charge in [-0.2, -0.15) is 8.78 Å². The van der Waals surface area contributed by atoms with Crippen molar-refractivity contribution < 1.29 is 23.0 Å². The molecule has 4 nitrogen and oxygen atoms in total. The van der Waals surface area contributed by atoms with Crippen molar-refractivity contribution in [2.75, 3.05) is 20.2 Å². The quantitative estimate of drug-likeness (QED) is 0.848. The van der Waals surface area contributed by atoms with Crippen LogP contribution in [0, 0.1) is 0 Å². The van der Waals surface area contributed by atoms with E-state index in [2.05, 4.69) is 20.7 Å². The standard InChI is InChI=1S/C12H12BrF2NO3/c1-18-7-2-3-10(13)9(4-7)11(17)16-5-8(6-16)19-12(14)15/h2-4,8,12H,5-6H2,1H3. The number of amides is 1. The molecule has 1 aliphatic heterocycles. The molecule has 1 aromatic rings. The highest BCUT2D eigenvalue weighted by molar-refractivity contribution is 9.10. The molecule has 0 bridgehead atoms. The van der Waals surface area contributed by atoms with Gasteiger partial charge in [0.25, 0.3) is 5.91 Å². The minimum atomic E-state index is -2.80. The highest BCUT2D eigenvalue weighted by Gasteiger charge is 2.34. The Bertz CT molecular complexity index is 478. The average Bonchev–Trinajstić information content (AvgIpc) is 2.33. The summed E-state index contributed by atoms with van der Waals surface area (Å²) >= 11 is 3.28. The van der Waals surface area contributed by atoms with Crippen LogP contribution in [0.15, 0.2) is 22.7 Å². The number of carbonyl (C=O) groups excluding carboxylic acids is 1. The highest BCUT2D eigenvalue weighted by atomic mass is 79.9. The molecular formula is C12H12BrF2NO3. The van der Waals surface area contributed by atoms with Crippen LogP contribution >= 0.6 is 15.9 Å². The number of methoxy groups -OCH3 is 1. The van der Waals surface area contributed by atoms with E-state index in [0.29, 0.717) is 15.8 Å². The van der Waals surface area contributed by atoms with Crippen LogP contribution in [0.4, 0.5) is 8.78 Å². The van der Waals surface area contributed by atoms with Gasteiger partial charge in [-0.25, -0.2) is 0 Å². The predicted molar refractivity (Wildman–Crippen MR) is 67.5 cm³/mol. The average molecular weight is 336 g/mol. The summed E-state index contributed by atoms with van der Waals surface area (Å²) in [5, 5.41) is 0. The molecule has 104 valence electrons. The van der Waals surface area contributed by atoms with Gasteiger partial charge in [-0.3, -0.25) is 4.79 Å². The van der Waals surface area contributed by atoms with Crippen LogP contribution < -0.4 is 4.74 Å². The lowest BCUT2D eigenvalue weighted by Crippen LogP contribution is -2.55. The molecule has 2 rings (SSSR count). The third-order valence-electron chi connectivity index (χ3n) is 2.83. The second-order valence-electron chi connectivity index (χ2n) is 4.07. The van der Waals surface area contributed by atoms with Gasteiger partial charge in [-0.05, 0) is 34.1 Å². The van der Waals surface area contributed by atoms with Crippen LogP contribution in [0.1, 0.15) is 10.4 Å². The zero-order valence-electron chi connectivity index (χ0n) is 10.1. The Balaban J connectivity index is 2.02. The van der Waals surface area contributed by atoms with E-state index in [-0.39, 0.29) is 19.0 Å². The Morgan fingerprint density at radius 1 is 1.47 bits per heavy atom. The molecule has 0 aliphatic carbocycles. The van der Waals surface area contributed by atoms with E-state index < -0.39 is 12.7 Å². The van der Waals surface area contributed by atoms with Crippen LogP contribution in [0.5, 0.6) is 5.75 Å². The maximum atomic E-state index is 12.1. The molecule has 1 saturated heterocycles. The van der Waals surface area contributed by atoms with Gasteiger partial charge in [0.05, 0.1) is 18.8 Å². The van der Waals surface area contributed by atoms with Gasteiger partial charge in [0.1, 0.15) is 5.75 Å². The van der Waals surface area contributed by atoms with E-state index in [1.807, 2.05) is 0 Å². The lowest BCUT2D eigenvalue weighted by molar-refractivity contribution is -0.189. The van der Waals surface area contributed by atoms with E-state index in [1.165, 1.54) is 12.0 Å². The molecule has 0 saturated carbocycles. The fraction of sp³-hybridized carbons (Fsp3) is 0.417. The number of alkyl halides is 2. The Morgan fingerprint density at radius 2 is 2.16 bits per heavy atom. The topological polar surface area (TPSA) is 38.8 Å². The number of benzene rings is 1. The van der Waals surface area contributed by atoms with Gasteiger partial charge in [-0.15, -0.1) is 0 Å². The first-order valence-electron chi connectivity index (χ1n) is 5.57. The third kappa shape index (κ3) is 3.22. The SMILES string of the molecule is COc1ccc(Br)c(C(=O)N2CC(OC(F)F)C2)c1. The van der Waals surface area contributed by atoms with E-state index in [0.717, 1.165) is 0 Å². The lowest BCUT2D eigenvalue weighted by Gasteiger charge is -2.38. The number of hydrogen-bond donors (Lipinski definition) is 0. The Kier molecular flexibility index (Phi) is 4.36. The molecule has 1 aromatic carbocycles. The second kappa shape index (κ2) is 5.83. The van der Waals surface area contributed by atoms with Crippen LogP contribution in [0.25, 0.3) is 0 Å². The highest BCUT2D eigenvalue weighted by Crippen LogP contribution is 2.26. The first-order valence-corrected chi connectivity index (χ1v) is 6.37. The molecule has 0 spiro atoms. The van der Waals surface area contributed by atoms with Crippen molar-refractivity contribution in [2.45, 2.75) is 12.7 Å². The number of hydrogen-bond acceptors (Lipinski definition) is 3. The lowest BCUT2D eigenvalue weighted by atomic mass is 10.1. The molecule has 0 aromatic heterocycles. The summed E-state index contributed by atoms with van der Waals surface area (Å²) in [5.74, 6) is 0.326. The molecule has 1 heterocycles. The maximum Gasteiger partial charge on any atom is 0.345 e. The van der Waals surface area contributed by atoms with Crippen molar-refractivity contribution in [2.24, 2.45) is 0 Å². The Labute approximate surface area is 117 Å². The van der Waals surface area contributed by atoms with Crippen molar-refractivity contribution in [3.63, 3.8) is 0 Å². The van der Waals surface area contributed by atoms with Crippen molar-refractivity contribution in [1.29, 1.82) is 0 Å². The summed E-state index contributed by atoms with van der Waals surface area (Å²) in [4.78, 5) is 13.6.